The molecule has 1 spiro atoms. The zero-order chi connectivity index (χ0) is 27.0. The van der Waals surface area contributed by atoms with Crippen LogP contribution in [0.1, 0.15) is 66.7 Å². The van der Waals surface area contributed by atoms with Crippen LogP contribution < -0.4 is 0 Å². The quantitative estimate of drug-likeness (QED) is 0.452. The number of nitrogens with zero attached hydrogens (tertiary/aromatic N) is 3. The summed E-state index contributed by atoms with van der Waals surface area (Å²) in [5.41, 5.74) is -2.21. The van der Waals surface area contributed by atoms with E-state index in [1.165, 1.54) is 0 Å². The lowest BCUT2D eigenvalue weighted by atomic mass is 9.73. The lowest BCUT2D eigenvalue weighted by Crippen LogP contribution is -2.59. The van der Waals surface area contributed by atoms with E-state index in [-0.39, 0.29) is 30.2 Å². The number of hydrogen-bond donors (Lipinski definition) is 1. The monoisotopic (exact) mass is 515 g/mol. The molecule has 1 unspecified atom stereocenters. The van der Waals surface area contributed by atoms with E-state index in [1.54, 1.807) is 4.90 Å². The van der Waals surface area contributed by atoms with Gasteiger partial charge < -0.3 is 24.5 Å². The second kappa shape index (κ2) is 10.9. The number of ether oxygens (including phenoxy) is 1. The van der Waals surface area contributed by atoms with Crippen molar-refractivity contribution in [1.29, 1.82) is 0 Å². The van der Waals surface area contributed by atoms with E-state index in [1.807, 2.05) is 61.8 Å². The minimum absolute atomic E-state index is 0.0816. The Balaban J connectivity index is 1.88. The molecular formula is C29H45N3O5. The molecule has 2 saturated heterocycles. The minimum atomic E-state index is -1.25. The molecule has 4 aliphatic heterocycles. The Kier molecular flexibility index (Phi) is 8.19. The molecule has 4 heterocycles. The number of aliphatic hydroxyl groups is 1. The van der Waals surface area contributed by atoms with E-state index in [0.29, 0.717) is 39.0 Å². The van der Waals surface area contributed by atoms with Gasteiger partial charge in [0.05, 0.1) is 30.1 Å². The summed E-state index contributed by atoms with van der Waals surface area (Å²) in [5.74, 6) is -1.81. The molecule has 2 fully saturated rings. The number of carbonyl (C=O) groups is 3. The van der Waals surface area contributed by atoms with Gasteiger partial charge in [-0.1, -0.05) is 65.3 Å². The molecule has 0 bridgehead atoms. The van der Waals surface area contributed by atoms with Gasteiger partial charge >= 0.3 is 0 Å². The molecule has 1 N–H and O–H groups in total. The first-order valence-corrected chi connectivity index (χ1v) is 14.3. The van der Waals surface area contributed by atoms with E-state index in [4.69, 9.17) is 4.74 Å². The van der Waals surface area contributed by atoms with Crippen LogP contribution in [0.25, 0.3) is 0 Å². The van der Waals surface area contributed by atoms with Gasteiger partial charge in [0.2, 0.25) is 17.7 Å². The molecule has 0 aromatic rings. The summed E-state index contributed by atoms with van der Waals surface area (Å²) in [4.78, 5) is 48.1. The molecular weight excluding hydrogens is 470 g/mol. The molecule has 4 rings (SSSR count). The van der Waals surface area contributed by atoms with Gasteiger partial charge in [-0.15, -0.1) is 0 Å². The van der Waals surface area contributed by atoms with Crippen LogP contribution in [-0.2, 0) is 19.1 Å². The summed E-state index contributed by atoms with van der Waals surface area (Å²) < 4.78 is 6.99. The SMILES string of the molecule is CCCCN1CC=C[C@]23O[C@]4(CC)C=CCN(CCC)C(=O)[C@@H]4[C@H]2C(=O)N([C@@H](CO)CC(C)C)C3C1=O. The third-order valence-corrected chi connectivity index (χ3v) is 8.67. The maximum Gasteiger partial charge on any atom is 0.249 e. The van der Waals surface area contributed by atoms with E-state index in [9.17, 15) is 19.5 Å². The molecule has 0 aromatic heterocycles. The summed E-state index contributed by atoms with van der Waals surface area (Å²) >= 11 is 0. The van der Waals surface area contributed by atoms with Crippen molar-refractivity contribution < 1.29 is 24.2 Å². The predicted octanol–water partition coefficient (Wildman–Crippen LogP) is 2.76. The number of unbranched alkanes of at least 4 members (excludes halogenated alkanes) is 1. The first-order chi connectivity index (χ1) is 17.7. The first-order valence-electron chi connectivity index (χ1n) is 14.3. The van der Waals surface area contributed by atoms with Gasteiger partial charge in [-0.3, -0.25) is 14.4 Å². The molecule has 206 valence electrons. The highest BCUT2D eigenvalue weighted by atomic mass is 16.5. The fourth-order valence-corrected chi connectivity index (χ4v) is 7.03. The molecule has 4 aliphatic rings. The Morgan fingerprint density at radius 2 is 1.62 bits per heavy atom. The maximum atomic E-state index is 14.5. The Morgan fingerprint density at radius 3 is 2.22 bits per heavy atom. The molecule has 0 saturated carbocycles. The molecule has 8 nitrogen and oxygen atoms in total. The summed E-state index contributed by atoms with van der Waals surface area (Å²) in [6.45, 7) is 12.1. The molecule has 0 aromatic carbocycles. The molecule has 3 amide bonds. The highest BCUT2D eigenvalue weighted by Crippen LogP contribution is 2.59. The average Bonchev–Trinajstić information content (AvgIpc) is 3.17. The summed E-state index contributed by atoms with van der Waals surface area (Å²) in [6, 6.07) is -1.43. The van der Waals surface area contributed by atoms with Crippen LogP contribution in [0.5, 0.6) is 0 Å². The largest absolute Gasteiger partial charge is 0.394 e. The number of carbonyl (C=O) groups excluding carboxylic acids is 3. The van der Waals surface area contributed by atoms with Crippen molar-refractivity contribution in [1.82, 2.24) is 14.7 Å². The van der Waals surface area contributed by atoms with Crippen molar-refractivity contribution in [2.75, 3.05) is 32.8 Å². The minimum Gasteiger partial charge on any atom is -0.394 e. The standard InChI is InChI=1S/C29H45N3O5/c1-6-9-15-31-17-11-13-29-23(26(35)32(24(29)27(31)36)21(19-33)18-20(4)5)22-25(34)30(14-7-2)16-10-12-28(22,8-3)37-29/h10-13,20-24,33H,6-9,14-19H2,1-5H3/t21-,22+,23+,24?,28-,29+/m1/s1. The zero-order valence-corrected chi connectivity index (χ0v) is 23.2. The zero-order valence-electron chi connectivity index (χ0n) is 23.2. The van der Waals surface area contributed by atoms with Gasteiger partial charge in [0, 0.05) is 26.2 Å². The van der Waals surface area contributed by atoms with Gasteiger partial charge in [0.15, 0.2) is 0 Å². The van der Waals surface area contributed by atoms with Crippen molar-refractivity contribution in [3.8, 4) is 0 Å². The normalized spacial score (nSPS) is 34.1. The lowest BCUT2D eigenvalue weighted by Gasteiger charge is -2.41. The summed E-state index contributed by atoms with van der Waals surface area (Å²) in [7, 11) is 0. The van der Waals surface area contributed by atoms with Crippen molar-refractivity contribution in [2.45, 2.75) is 90.0 Å². The van der Waals surface area contributed by atoms with Crippen LogP contribution in [0, 0.1) is 17.8 Å². The van der Waals surface area contributed by atoms with E-state index in [2.05, 4.69) is 6.92 Å². The van der Waals surface area contributed by atoms with Crippen molar-refractivity contribution in [3.05, 3.63) is 24.3 Å². The Bertz CT molecular complexity index is 948. The predicted molar refractivity (Wildman–Crippen MR) is 141 cm³/mol. The van der Waals surface area contributed by atoms with Crippen LogP contribution in [-0.4, -0.2) is 93.6 Å². The van der Waals surface area contributed by atoms with Gasteiger partial charge in [0.25, 0.3) is 0 Å². The van der Waals surface area contributed by atoms with Crippen LogP contribution >= 0.6 is 0 Å². The molecule has 8 heteroatoms. The van der Waals surface area contributed by atoms with Gasteiger partial charge in [-0.05, 0) is 31.6 Å². The van der Waals surface area contributed by atoms with Gasteiger partial charge in [-0.2, -0.15) is 0 Å². The summed E-state index contributed by atoms with van der Waals surface area (Å²) in [6.07, 6.45) is 11.5. The average molecular weight is 516 g/mol. The van der Waals surface area contributed by atoms with Gasteiger partial charge in [0.1, 0.15) is 11.6 Å². The summed E-state index contributed by atoms with van der Waals surface area (Å²) in [5, 5.41) is 10.4. The highest BCUT2D eigenvalue weighted by molar-refractivity contribution is 6.00. The fraction of sp³-hybridized carbons (Fsp3) is 0.759. The smallest absolute Gasteiger partial charge is 0.249 e. The van der Waals surface area contributed by atoms with Crippen molar-refractivity contribution >= 4 is 17.7 Å². The number of hydrogen-bond acceptors (Lipinski definition) is 5. The number of amides is 3. The molecule has 37 heavy (non-hydrogen) atoms. The fourth-order valence-electron chi connectivity index (χ4n) is 7.03. The van der Waals surface area contributed by atoms with Gasteiger partial charge in [-0.25, -0.2) is 0 Å². The lowest BCUT2D eigenvalue weighted by molar-refractivity contribution is -0.157. The number of rotatable bonds is 10. The van der Waals surface area contributed by atoms with E-state index in [0.717, 1.165) is 19.3 Å². The third kappa shape index (κ3) is 4.44. The van der Waals surface area contributed by atoms with Crippen molar-refractivity contribution in [2.24, 2.45) is 17.8 Å². The molecule has 0 aliphatic carbocycles. The number of fused-ring (bicyclic) bond motifs is 2. The second-order valence-corrected chi connectivity index (χ2v) is 11.6. The topological polar surface area (TPSA) is 90.4 Å². The van der Waals surface area contributed by atoms with Crippen LogP contribution in [0.15, 0.2) is 24.3 Å². The van der Waals surface area contributed by atoms with Crippen LogP contribution in [0.3, 0.4) is 0 Å². The highest BCUT2D eigenvalue weighted by Gasteiger charge is 2.75. The third-order valence-electron chi connectivity index (χ3n) is 8.67. The first kappa shape index (κ1) is 27.8. The van der Waals surface area contributed by atoms with Crippen LogP contribution in [0.4, 0.5) is 0 Å². The Hall–Kier alpha value is -2.19. The van der Waals surface area contributed by atoms with E-state index < -0.39 is 35.1 Å². The molecule has 6 atom stereocenters. The maximum absolute atomic E-state index is 14.5. The van der Waals surface area contributed by atoms with Crippen molar-refractivity contribution in [3.63, 3.8) is 0 Å². The Morgan fingerprint density at radius 1 is 0.946 bits per heavy atom. The second-order valence-electron chi connectivity index (χ2n) is 11.6. The Labute approximate surface area is 221 Å². The van der Waals surface area contributed by atoms with E-state index >= 15 is 0 Å². The van der Waals surface area contributed by atoms with Crippen LogP contribution in [0.2, 0.25) is 0 Å². The molecule has 0 radical (unpaired) electrons. The number of likely N-dealkylation sites (tertiary alicyclic amines) is 1. The number of aliphatic hydroxyl groups excluding tert-OH is 1.